The first-order chi connectivity index (χ1) is 15.1. The first-order valence-corrected chi connectivity index (χ1v) is 10.6. The van der Waals surface area contributed by atoms with Crippen molar-refractivity contribution >= 4 is 11.6 Å². The molecule has 1 atom stereocenters. The fraction of sp³-hybridized carbons (Fsp3) is 0.208. The minimum absolute atomic E-state index is 0.169. The van der Waals surface area contributed by atoms with Crippen molar-refractivity contribution in [3.63, 3.8) is 0 Å². The van der Waals surface area contributed by atoms with E-state index in [4.69, 9.17) is 11.6 Å². The van der Waals surface area contributed by atoms with Crippen LogP contribution < -0.4 is 0 Å². The highest BCUT2D eigenvalue weighted by molar-refractivity contribution is 6.30. The first-order valence-electron chi connectivity index (χ1n) is 10.2. The van der Waals surface area contributed by atoms with Crippen LogP contribution in [-0.4, -0.2) is 31.7 Å². The number of aromatic nitrogens is 4. The van der Waals surface area contributed by atoms with Gasteiger partial charge < -0.3 is 0 Å². The summed E-state index contributed by atoms with van der Waals surface area (Å²) < 4.78 is 15.1. The largest absolute Gasteiger partial charge is 0.286 e. The fourth-order valence-corrected chi connectivity index (χ4v) is 3.78. The van der Waals surface area contributed by atoms with Crippen molar-refractivity contribution in [2.75, 3.05) is 6.54 Å². The second-order valence-electron chi connectivity index (χ2n) is 7.32. The Morgan fingerprint density at radius 1 is 0.935 bits per heavy atom. The highest BCUT2D eigenvalue weighted by Crippen LogP contribution is 2.29. The fourth-order valence-electron chi connectivity index (χ4n) is 3.65. The minimum Gasteiger partial charge on any atom is -0.286 e. The van der Waals surface area contributed by atoms with Crippen molar-refractivity contribution in [1.82, 2.24) is 25.1 Å². The van der Waals surface area contributed by atoms with Crippen molar-refractivity contribution in [2.45, 2.75) is 26.1 Å². The molecule has 158 valence electrons. The number of hydrogen-bond donors (Lipinski definition) is 0. The number of halogens is 2. The lowest BCUT2D eigenvalue weighted by Crippen LogP contribution is -2.31. The van der Waals surface area contributed by atoms with E-state index in [9.17, 15) is 4.39 Å². The molecule has 0 aliphatic rings. The molecular formula is C24H23ClFN5. The Morgan fingerprint density at radius 2 is 1.65 bits per heavy atom. The van der Waals surface area contributed by atoms with Crippen molar-refractivity contribution in [3.05, 3.63) is 112 Å². The van der Waals surface area contributed by atoms with Gasteiger partial charge in [0.25, 0.3) is 0 Å². The molecule has 0 saturated carbocycles. The van der Waals surface area contributed by atoms with Gasteiger partial charge in [0.1, 0.15) is 5.82 Å². The molecule has 0 amide bonds. The summed E-state index contributed by atoms with van der Waals surface area (Å²) in [5.74, 6) is 0.462. The summed E-state index contributed by atoms with van der Waals surface area (Å²) in [6, 6.07) is 24.3. The molecule has 0 N–H and O–H groups in total. The average molecular weight is 436 g/mol. The zero-order valence-corrected chi connectivity index (χ0v) is 18.0. The summed E-state index contributed by atoms with van der Waals surface area (Å²) in [5.41, 5.74) is 3.19. The van der Waals surface area contributed by atoms with Gasteiger partial charge in [0.2, 0.25) is 0 Å². The Bertz CT molecular complexity index is 1100. The van der Waals surface area contributed by atoms with Crippen LogP contribution in [0.4, 0.5) is 4.39 Å². The maximum Gasteiger partial charge on any atom is 0.173 e. The molecule has 0 radical (unpaired) electrons. The van der Waals surface area contributed by atoms with E-state index in [1.165, 1.54) is 17.7 Å². The third-order valence-electron chi connectivity index (χ3n) is 5.24. The average Bonchev–Trinajstić information content (AvgIpc) is 3.24. The van der Waals surface area contributed by atoms with Crippen molar-refractivity contribution in [2.24, 2.45) is 0 Å². The molecule has 0 bridgehead atoms. The maximum atomic E-state index is 13.3. The molecule has 4 rings (SSSR count). The summed E-state index contributed by atoms with van der Waals surface area (Å²) in [5, 5.41) is 13.3. The van der Waals surface area contributed by atoms with E-state index in [2.05, 4.69) is 39.5 Å². The molecule has 0 saturated heterocycles. The van der Waals surface area contributed by atoms with Gasteiger partial charge in [-0.15, -0.1) is 5.10 Å². The van der Waals surface area contributed by atoms with Crippen LogP contribution in [-0.2, 0) is 13.1 Å². The third kappa shape index (κ3) is 5.16. The predicted octanol–water partition coefficient (Wildman–Crippen LogP) is 5.13. The van der Waals surface area contributed by atoms with Crippen LogP contribution in [0.2, 0.25) is 5.02 Å². The highest BCUT2D eigenvalue weighted by atomic mass is 35.5. The van der Waals surface area contributed by atoms with Gasteiger partial charge in [-0.25, -0.2) is 9.07 Å². The highest BCUT2D eigenvalue weighted by Gasteiger charge is 2.27. The zero-order chi connectivity index (χ0) is 21.6. The van der Waals surface area contributed by atoms with Gasteiger partial charge in [-0.2, -0.15) is 0 Å². The van der Waals surface area contributed by atoms with Crippen LogP contribution in [0.1, 0.15) is 35.5 Å². The lowest BCUT2D eigenvalue weighted by molar-refractivity contribution is 0.215. The number of tetrazole rings is 1. The summed E-state index contributed by atoms with van der Waals surface area (Å²) >= 11 is 6.15. The molecule has 5 nitrogen and oxygen atoms in total. The SMILES string of the molecule is CCN(Cc1ccccc1)[C@H](c1ccc(Cl)cc1)c1nnnn1Cc1ccc(F)cc1. The number of nitrogens with zero attached hydrogens (tertiary/aromatic N) is 5. The van der Waals surface area contributed by atoms with Gasteiger partial charge in [0.15, 0.2) is 5.82 Å². The standard InChI is InChI=1S/C24H23ClFN5/c1-2-30(16-18-6-4-3-5-7-18)23(20-10-12-21(25)13-11-20)24-27-28-29-31(24)17-19-8-14-22(26)15-9-19/h3-15,23H,2,16-17H2,1H3/t23-/m1/s1. The summed E-state index contributed by atoms with van der Waals surface area (Å²) in [6.45, 7) is 4.12. The van der Waals surface area contributed by atoms with Crippen LogP contribution in [0.15, 0.2) is 78.9 Å². The molecule has 0 fully saturated rings. The summed E-state index contributed by atoms with van der Waals surface area (Å²) in [4.78, 5) is 2.32. The Kier molecular flexibility index (Phi) is 6.70. The summed E-state index contributed by atoms with van der Waals surface area (Å²) in [6.07, 6.45) is 0. The Labute approximate surface area is 186 Å². The van der Waals surface area contributed by atoms with E-state index in [0.717, 1.165) is 30.0 Å². The van der Waals surface area contributed by atoms with E-state index in [-0.39, 0.29) is 11.9 Å². The molecule has 1 aromatic heterocycles. The molecule has 0 spiro atoms. The Balaban J connectivity index is 1.72. The van der Waals surface area contributed by atoms with Gasteiger partial charge in [0, 0.05) is 11.6 Å². The number of rotatable bonds is 8. The number of benzene rings is 3. The monoisotopic (exact) mass is 435 g/mol. The molecular weight excluding hydrogens is 413 g/mol. The van der Waals surface area contributed by atoms with E-state index in [1.807, 2.05) is 42.5 Å². The molecule has 7 heteroatoms. The van der Waals surface area contributed by atoms with Gasteiger partial charge in [-0.1, -0.05) is 73.1 Å². The lowest BCUT2D eigenvalue weighted by Gasteiger charge is -2.30. The van der Waals surface area contributed by atoms with E-state index >= 15 is 0 Å². The van der Waals surface area contributed by atoms with Crippen molar-refractivity contribution < 1.29 is 4.39 Å². The number of hydrogen-bond acceptors (Lipinski definition) is 4. The van der Waals surface area contributed by atoms with Gasteiger partial charge in [-0.05, 0) is 57.9 Å². The molecule has 0 unspecified atom stereocenters. The maximum absolute atomic E-state index is 13.3. The van der Waals surface area contributed by atoms with Crippen molar-refractivity contribution in [3.8, 4) is 0 Å². The van der Waals surface area contributed by atoms with E-state index in [1.54, 1.807) is 16.8 Å². The third-order valence-corrected chi connectivity index (χ3v) is 5.49. The molecule has 3 aromatic carbocycles. The van der Waals surface area contributed by atoms with Gasteiger partial charge in [-0.3, -0.25) is 4.90 Å². The van der Waals surface area contributed by atoms with E-state index in [0.29, 0.717) is 11.6 Å². The molecule has 1 heterocycles. The molecule has 0 aliphatic carbocycles. The van der Waals surface area contributed by atoms with Crippen LogP contribution >= 0.6 is 11.6 Å². The second-order valence-corrected chi connectivity index (χ2v) is 7.76. The van der Waals surface area contributed by atoms with Crippen LogP contribution in [0.5, 0.6) is 0 Å². The predicted molar refractivity (Wildman–Crippen MR) is 119 cm³/mol. The van der Waals surface area contributed by atoms with Gasteiger partial charge >= 0.3 is 0 Å². The second kappa shape index (κ2) is 9.81. The zero-order valence-electron chi connectivity index (χ0n) is 17.2. The minimum atomic E-state index is -0.264. The topological polar surface area (TPSA) is 46.8 Å². The molecule has 0 aliphatic heterocycles. The van der Waals surface area contributed by atoms with E-state index < -0.39 is 0 Å². The molecule has 31 heavy (non-hydrogen) atoms. The van der Waals surface area contributed by atoms with Crippen LogP contribution in [0.25, 0.3) is 0 Å². The Hall–Kier alpha value is -3.09. The lowest BCUT2D eigenvalue weighted by atomic mass is 10.0. The first kappa shape index (κ1) is 21.2. The van der Waals surface area contributed by atoms with Gasteiger partial charge in [0.05, 0.1) is 12.6 Å². The smallest absolute Gasteiger partial charge is 0.173 e. The quantitative estimate of drug-likeness (QED) is 0.385. The van der Waals surface area contributed by atoms with Crippen molar-refractivity contribution in [1.29, 1.82) is 0 Å². The molecule has 4 aromatic rings. The normalized spacial score (nSPS) is 12.3. The Morgan fingerprint density at radius 3 is 2.32 bits per heavy atom. The summed E-state index contributed by atoms with van der Waals surface area (Å²) in [7, 11) is 0. The van der Waals surface area contributed by atoms with Crippen LogP contribution in [0.3, 0.4) is 0 Å². The van der Waals surface area contributed by atoms with Crippen LogP contribution in [0, 0.1) is 5.82 Å².